The van der Waals surface area contributed by atoms with Crippen LogP contribution in [0.2, 0.25) is 5.02 Å². The van der Waals surface area contributed by atoms with Gasteiger partial charge in [-0.05, 0) is 48.9 Å². The first-order chi connectivity index (χ1) is 7.18. The van der Waals surface area contributed by atoms with Crippen molar-refractivity contribution in [3.63, 3.8) is 0 Å². The maximum absolute atomic E-state index is 13.8. The van der Waals surface area contributed by atoms with Gasteiger partial charge in [0.2, 0.25) is 0 Å². The molecule has 0 bridgehead atoms. The molecule has 0 atom stereocenters. The normalized spacial score (nSPS) is 18.6. The number of benzene rings is 1. The fourth-order valence-corrected chi connectivity index (χ4v) is 2.61. The molecule has 1 aromatic rings. The Morgan fingerprint density at radius 2 is 2.13 bits per heavy atom. The highest BCUT2D eigenvalue weighted by Crippen LogP contribution is 2.47. The molecule has 1 saturated carbocycles. The molecule has 0 aliphatic heterocycles. The van der Waals surface area contributed by atoms with E-state index in [9.17, 15) is 4.39 Å². The van der Waals surface area contributed by atoms with E-state index in [0.717, 1.165) is 24.8 Å². The summed E-state index contributed by atoms with van der Waals surface area (Å²) < 4.78 is 13.8. The van der Waals surface area contributed by atoms with Crippen molar-refractivity contribution >= 4 is 11.6 Å². The largest absolute Gasteiger partial charge is 0.330 e. The van der Waals surface area contributed by atoms with Crippen molar-refractivity contribution in [1.29, 1.82) is 0 Å². The Labute approximate surface area is 94.4 Å². The smallest absolute Gasteiger partial charge is 0.128 e. The predicted octanol–water partition coefficient (Wildman–Crippen LogP) is 3.25. The molecule has 82 valence electrons. The quantitative estimate of drug-likeness (QED) is 0.843. The van der Waals surface area contributed by atoms with Crippen LogP contribution in [-0.4, -0.2) is 6.54 Å². The first kappa shape index (κ1) is 10.9. The number of halogens is 2. The van der Waals surface area contributed by atoms with E-state index in [1.165, 1.54) is 12.5 Å². The van der Waals surface area contributed by atoms with Crippen LogP contribution < -0.4 is 5.73 Å². The lowest BCUT2D eigenvalue weighted by Gasteiger charge is -2.42. The molecule has 1 fully saturated rings. The molecule has 1 aliphatic rings. The SMILES string of the molecule is NCCC1(c2ccc(Cl)cc2F)CCC1. The van der Waals surface area contributed by atoms with Gasteiger partial charge in [0.1, 0.15) is 5.82 Å². The van der Waals surface area contributed by atoms with Crippen molar-refractivity contribution in [3.05, 3.63) is 34.6 Å². The second-order valence-corrected chi connectivity index (χ2v) is 4.73. The highest BCUT2D eigenvalue weighted by molar-refractivity contribution is 6.30. The molecular formula is C12H15ClFN. The third-order valence-electron chi connectivity index (χ3n) is 3.44. The zero-order valence-corrected chi connectivity index (χ0v) is 9.36. The van der Waals surface area contributed by atoms with E-state index in [-0.39, 0.29) is 11.2 Å². The van der Waals surface area contributed by atoms with Gasteiger partial charge in [-0.3, -0.25) is 0 Å². The second kappa shape index (κ2) is 4.11. The lowest BCUT2D eigenvalue weighted by atomic mass is 9.62. The van der Waals surface area contributed by atoms with Crippen LogP contribution in [0.15, 0.2) is 18.2 Å². The lowest BCUT2D eigenvalue weighted by Crippen LogP contribution is -2.37. The van der Waals surface area contributed by atoms with Crippen LogP contribution in [0.3, 0.4) is 0 Å². The third-order valence-corrected chi connectivity index (χ3v) is 3.67. The molecule has 2 rings (SSSR count). The molecule has 3 heteroatoms. The molecule has 0 radical (unpaired) electrons. The van der Waals surface area contributed by atoms with E-state index in [4.69, 9.17) is 17.3 Å². The average Bonchev–Trinajstić information content (AvgIpc) is 2.12. The highest BCUT2D eigenvalue weighted by atomic mass is 35.5. The fraction of sp³-hybridized carbons (Fsp3) is 0.500. The number of hydrogen-bond donors (Lipinski definition) is 1. The molecule has 0 aromatic heterocycles. The Balaban J connectivity index is 2.34. The predicted molar refractivity (Wildman–Crippen MR) is 60.6 cm³/mol. The van der Waals surface area contributed by atoms with Crippen LogP contribution in [-0.2, 0) is 5.41 Å². The first-order valence-corrected chi connectivity index (χ1v) is 5.71. The molecule has 2 N–H and O–H groups in total. The Morgan fingerprint density at radius 3 is 2.60 bits per heavy atom. The zero-order valence-electron chi connectivity index (χ0n) is 8.60. The van der Waals surface area contributed by atoms with Crippen molar-refractivity contribution in [2.75, 3.05) is 6.54 Å². The van der Waals surface area contributed by atoms with Gasteiger partial charge < -0.3 is 5.73 Å². The minimum absolute atomic E-state index is 0.0105. The van der Waals surface area contributed by atoms with Gasteiger partial charge in [0.05, 0.1) is 0 Å². The summed E-state index contributed by atoms with van der Waals surface area (Å²) >= 11 is 5.74. The Kier molecular flexibility index (Phi) is 2.98. The van der Waals surface area contributed by atoms with Gasteiger partial charge in [-0.1, -0.05) is 24.1 Å². The van der Waals surface area contributed by atoms with E-state index < -0.39 is 0 Å². The molecule has 0 spiro atoms. The lowest BCUT2D eigenvalue weighted by molar-refractivity contribution is 0.222. The van der Waals surface area contributed by atoms with Crippen molar-refractivity contribution in [1.82, 2.24) is 0 Å². The van der Waals surface area contributed by atoms with E-state index in [1.54, 1.807) is 6.07 Å². The van der Waals surface area contributed by atoms with Crippen LogP contribution >= 0.6 is 11.6 Å². The Bertz CT molecular complexity index is 361. The first-order valence-electron chi connectivity index (χ1n) is 5.33. The molecule has 1 aromatic carbocycles. The van der Waals surface area contributed by atoms with Crippen molar-refractivity contribution < 1.29 is 4.39 Å². The molecule has 0 amide bonds. The minimum atomic E-state index is -0.185. The molecule has 1 aliphatic carbocycles. The van der Waals surface area contributed by atoms with Crippen LogP contribution in [0.4, 0.5) is 4.39 Å². The number of nitrogens with two attached hydrogens (primary N) is 1. The van der Waals surface area contributed by atoms with Crippen LogP contribution in [0.5, 0.6) is 0 Å². The van der Waals surface area contributed by atoms with Gasteiger partial charge in [-0.15, -0.1) is 0 Å². The van der Waals surface area contributed by atoms with Gasteiger partial charge in [0.15, 0.2) is 0 Å². The molecule has 15 heavy (non-hydrogen) atoms. The summed E-state index contributed by atoms with van der Waals surface area (Å²) in [6, 6.07) is 4.97. The maximum atomic E-state index is 13.8. The zero-order chi connectivity index (χ0) is 10.9. The topological polar surface area (TPSA) is 26.0 Å². The summed E-state index contributed by atoms with van der Waals surface area (Å²) in [6.45, 7) is 0.613. The molecule has 0 saturated heterocycles. The maximum Gasteiger partial charge on any atom is 0.128 e. The highest BCUT2D eigenvalue weighted by Gasteiger charge is 2.39. The summed E-state index contributed by atoms with van der Waals surface area (Å²) in [5.74, 6) is -0.185. The van der Waals surface area contributed by atoms with Gasteiger partial charge in [-0.25, -0.2) is 4.39 Å². The van der Waals surface area contributed by atoms with Crippen molar-refractivity contribution in [2.24, 2.45) is 5.73 Å². The fourth-order valence-electron chi connectivity index (χ4n) is 2.45. The molecule has 1 nitrogen and oxygen atoms in total. The second-order valence-electron chi connectivity index (χ2n) is 4.30. The Hall–Kier alpha value is -0.600. The van der Waals surface area contributed by atoms with Gasteiger partial charge >= 0.3 is 0 Å². The number of rotatable bonds is 3. The van der Waals surface area contributed by atoms with Gasteiger partial charge in [-0.2, -0.15) is 0 Å². The van der Waals surface area contributed by atoms with E-state index in [2.05, 4.69) is 0 Å². The summed E-state index contributed by atoms with van der Waals surface area (Å²) in [6.07, 6.45) is 4.12. The summed E-state index contributed by atoms with van der Waals surface area (Å²) in [7, 11) is 0. The summed E-state index contributed by atoms with van der Waals surface area (Å²) in [5.41, 5.74) is 6.38. The molecule has 0 unspecified atom stereocenters. The summed E-state index contributed by atoms with van der Waals surface area (Å²) in [4.78, 5) is 0. The van der Waals surface area contributed by atoms with Crippen molar-refractivity contribution in [2.45, 2.75) is 31.1 Å². The third kappa shape index (κ3) is 1.88. The minimum Gasteiger partial charge on any atom is -0.330 e. The van der Waals surface area contributed by atoms with Crippen LogP contribution in [0.1, 0.15) is 31.2 Å². The van der Waals surface area contributed by atoms with Crippen molar-refractivity contribution in [3.8, 4) is 0 Å². The number of hydrogen-bond acceptors (Lipinski definition) is 1. The van der Waals surface area contributed by atoms with E-state index in [1.807, 2.05) is 6.07 Å². The van der Waals surface area contributed by atoms with Gasteiger partial charge in [0.25, 0.3) is 0 Å². The van der Waals surface area contributed by atoms with E-state index in [0.29, 0.717) is 11.6 Å². The van der Waals surface area contributed by atoms with Crippen LogP contribution in [0.25, 0.3) is 0 Å². The van der Waals surface area contributed by atoms with Gasteiger partial charge in [0, 0.05) is 5.02 Å². The van der Waals surface area contributed by atoms with Crippen LogP contribution in [0, 0.1) is 5.82 Å². The standard InChI is InChI=1S/C12H15ClFN/c13-9-2-3-10(11(14)8-9)12(6-7-15)4-1-5-12/h2-3,8H,1,4-7,15H2. The monoisotopic (exact) mass is 227 g/mol. The Morgan fingerprint density at radius 1 is 1.40 bits per heavy atom. The molecular weight excluding hydrogens is 213 g/mol. The van der Waals surface area contributed by atoms with E-state index >= 15 is 0 Å². The summed E-state index contributed by atoms with van der Waals surface area (Å²) in [5, 5.41) is 0.457. The average molecular weight is 228 g/mol. The molecule has 0 heterocycles.